The van der Waals surface area contributed by atoms with E-state index in [9.17, 15) is 18.6 Å². The van der Waals surface area contributed by atoms with Crippen molar-refractivity contribution in [3.05, 3.63) is 68.1 Å². The second kappa shape index (κ2) is 7.31. The summed E-state index contributed by atoms with van der Waals surface area (Å²) in [5.74, 6) is -0.579. The highest BCUT2D eigenvalue weighted by Crippen LogP contribution is 2.40. The van der Waals surface area contributed by atoms with Gasteiger partial charge in [0.2, 0.25) is 11.8 Å². The molecule has 32 heavy (non-hydrogen) atoms. The van der Waals surface area contributed by atoms with Gasteiger partial charge >= 0.3 is 0 Å². The Morgan fingerprint density at radius 2 is 1.75 bits per heavy atom. The Labute approximate surface area is 195 Å². The van der Waals surface area contributed by atoms with E-state index in [1.807, 2.05) is 0 Å². The summed E-state index contributed by atoms with van der Waals surface area (Å²) in [5, 5.41) is 23.5. The van der Waals surface area contributed by atoms with Crippen LogP contribution in [0.15, 0.2) is 61.1 Å². The molecule has 0 saturated carbocycles. The highest BCUT2D eigenvalue weighted by Gasteiger charge is 2.22. The molecule has 3 heterocycles. The highest BCUT2D eigenvalue weighted by atomic mass is 35.5. The molecule has 5 rings (SSSR count). The minimum atomic E-state index is -4.01. The van der Waals surface area contributed by atoms with Crippen LogP contribution in [0.4, 0.5) is 0 Å². The molecule has 0 fully saturated rings. The average Bonchev–Trinajstić information content (AvgIpc) is 3.41. The summed E-state index contributed by atoms with van der Waals surface area (Å²) in [4.78, 5) is 8.45. The predicted octanol–water partition coefficient (Wildman–Crippen LogP) is 3.72. The number of thiophene rings is 1. The van der Waals surface area contributed by atoms with Crippen LogP contribution in [0.1, 0.15) is 5.56 Å². The lowest BCUT2D eigenvalue weighted by atomic mass is 10.1. The molecule has 0 atom stereocenters. The molecule has 0 aliphatic carbocycles. The first-order chi connectivity index (χ1) is 15.2. The van der Waals surface area contributed by atoms with E-state index < -0.39 is 10.0 Å². The van der Waals surface area contributed by atoms with Gasteiger partial charge in [-0.25, -0.2) is 9.98 Å². The number of sulfonamides is 1. The summed E-state index contributed by atoms with van der Waals surface area (Å²) in [7, 11) is -4.01. The van der Waals surface area contributed by atoms with Crippen molar-refractivity contribution in [1.29, 1.82) is 0 Å². The zero-order chi connectivity index (χ0) is 22.8. The Balaban J connectivity index is 1.66. The lowest BCUT2D eigenvalue weighted by Crippen LogP contribution is -2.26. The zero-order valence-electron chi connectivity index (χ0n) is 16.1. The second-order valence-corrected chi connectivity index (χ2v) is 10.9. The van der Waals surface area contributed by atoms with Crippen molar-refractivity contribution in [1.82, 2.24) is 4.57 Å². The molecule has 2 aromatic carbocycles. The molecule has 1 aliphatic heterocycles. The number of benzene rings is 2. The molecule has 2 aromatic heterocycles. The molecular weight excluding hydrogens is 495 g/mol. The molecule has 162 valence electrons. The van der Waals surface area contributed by atoms with Crippen LogP contribution in [0.25, 0.3) is 16.5 Å². The second-order valence-electron chi connectivity index (χ2n) is 6.90. The summed E-state index contributed by atoms with van der Waals surface area (Å²) in [6.07, 6.45) is 0. The van der Waals surface area contributed by atoms with Crippen LogP contribution < -0.4 is 10.7 Å². The van der Waals surface area contributed by atoms with Gasteiger partial charge < -0.3 is 10.2 Å². The largest absolute Gasteiger partial charge is 0.494 e. The van der Waals surface area contributed by atoms with Gasteiger partial charge in [0.15, 0.2) is 0 Å². The van der Waals surface area contributed by atoms with Crippen LogP contribution >= 0.6 is 34.5 Å². The van der Waals surface area contributed by atoms with Gasteiger partial charge in [-0.15, -0.1) is 15.7 Å². The Bertz CT molecular complexity index is 1710. The van der Waals surface area contributed by atoms with Crippen molar-refractivity contribution in [3.63, 3.8) is 0 Å². The molecule has 1 aliphatic rings. The maximum Gasteiger partial charge on any atom is 0.295 e. The van der Waals surface area contributed by atoms with Crippen molar-refractivity contribution in [3.8, 4) is 17.4 Å². The normalized spacial score (nSPS) is 14.5. The number of guanidine groups is 1. The third kappa shape index (κ3) is 3.27. The Morgan fingerprint density at radius 3 is 2.47 bits per heavy atom. The van der Waals surface area contributed by atoms with Gasteiger partial charge in [0.25, 0.3) is 16.0 Å². The topological polar surface area (TPSA) is 117 Å². The first kappa shape index (κ1) is 21.0. The summed E-state index contributed by atoms with van der Waals surface area (Å²) in [6.45, 7) is 1.72. The first-order valence-corrected chi connectivity index (χ1v) is 12.1. The third-order valence-corrected chi connectivity index (χ3v) is 8.14. The Morgan fingerprint density at radius 1 is 1.00 bits per heavy atom. The van der Waals surface area contributed by atoms with Gasteiger partial charge in [0.1, 0.15) is 4.21 Å². The van der Waals surface area contributed by atoms with Crippen molar-refractivity contribution in [2.75, 3.05) is 0 Å². The Hall–Kier alpha value is -2.92. The van der Waals surface area contributed by atoms with Crippen LogP contribution in [-0.4, -0.2) is 29.2 Å². The summed E-state index contributed by atoms with van der Waals surface area (Å²) in [5.41, 5.74) is 1.00. The standard InChI is InChI=1S/C20H12Cl2N4O4S2/c1-9-14(26-18(27)11-3-2-10(21)8-12(11)19(26)28)5-4-13-17(9)24-20(23-13)25-32(29,30)16-7-6-15(22)31-16/h2-8,27-28H,1H3/b25-20-. The number of fused-ring (bicyclic) bond motifs is 2. The lowest BCUT2D eigenvalue weighted by Gasteiger charge is -2.09. The van der Waals surface area contributed by atoms with E-state index >= 15 is 0 Å². The number of halogens is 2. The van der Waals surface area contributed by atoms with Crippen molar-refractivity contribution < 1.29 is 18.6 Å². The van der Waals surface area contributed by atoms with E-state index in [1.165, 1.54) is 16.7 Å². The van der Waals surface area contributed by atoms with Crippen LogP contribution in [0, 0.1) is 6.92 Å². The zero-order valence-corrected chi connectivity index (χ0v) is 19.3. The maximum absolute atomic E-state index is 12.5. The van der Waals surface area contributed by atoms with Crippen molar-refractivity contribution in [2.24, 2.45) is 14.4 Å². The number of aromatic nitrogens is 1. The number of hydrogen-bond acceptors (Lipinski definition) is 5. The van der Waals surface area contributed by atoms with E-state index in [2.05, 4.69) is 14.4 Å². The summed E-state index contributed by atoms with van der Waals surface area (Å²) < 4.78 is 30.3. The summed E-state index contributed by atoms with van der Waals surface area (Å²) in [6, 6.07) is 10.9. The molecule has 0 amide bonds. The first-order valence-electron chi connectivity index (χ1n) is 9.05. The molecule has 0 saturated heterocycles. The quantitative estimate of drug-likeness (QED) is 0.440. The molecule has 0 bridgehead atoms. The van der Waals surface area contributed by atoms with Gasteiger partial charge in [-0.05, 0) is 49.4 Å². The number of aromatic hydroxyl groups is 2. The monoisotopic (exact) mass is 506 g/mol. The fourth-order valence-corrected chi connectivity index (χ4v) is 5.99. The molecule has 2 N–H and O–H groups in total. The van der Waals surface area contributed by atoms with Gasteiger partial charge in [0.05, 0.1) is 20.7 Å². The molecule has 4 aromatic rings. The van der Waals surface area contributed by atoms with E-state index in [0.29, 0.717) is 42.1 Å². The van der Waals surface area contributed by atoms with Crippen molar-refractivity contribution in [2.45, 2.75) is 11.1 Å². The molecule has 12 heteroatoms. The third-order valence-electron chi connectivity index (χ3n) is 4.95. The van der Waals surface area contributed by atoms with Gasteiger partial charge in [-0.3, -0.25) is 4.57 Å². The van der Waals surface area contributed by atoms with Gasteiger partial charge in [0, 0.05) is 21.4 Å². The minimum Gasteiger partial charge on any atom is -0.494 e. The van der Waals surface area contributed by atoms with E-state index in [0.717, 1.165) is 11.3 Å². The smallest absolute Gasteiger partial charge is 0.295 e. The minimum absolute atomic E-state index is 0.0127. The van der Waals surface area contributed by atoms with E-state index in [1.54, 1.807) is 37.3 Å². The van der Waals surface area contributed by atoms with E-state index in [-0.39, 0.29) is 21.9 Å². The summed E-state index contributed by atoms with van der Waals surface area (Å²) >= 11 is 12.7. The number of hydrogen-bond donors (Lipinski definition) is 2. The van der Waals surface area contributed by atoms with Crippen LogP contribution in [0.5, 0.6) is 11.8 Å². The van der Waals surface area contributed by atoms with Gasteiger partial charge in [-0.2, -0.15) is 8.42 Å². The molecular formula is C20H12Cl2N4O4S2. The molecule has 0 unspecified atom stereocenters. The lowest BCUT2D eigenvalue weighted by molar-refractivity contribution is 0.406. The van der Waals surface area contributed by atoms with Crippen molar-refractivity contribution >= 4 is 61.3 Å². The number of rotatable bonds is 3. The number of nitrogens with zero attached hydrogens (tertiary/aromatic N) is 4. The fraction of sp³-hybridized carbons (Fsp3) is 0.0500. The van der Waals surface area contributed by atoms with Crippen LogP contribution in [0.2, 0.25) is 9.36 Å². The maximum atomic E-state index is 12.5. The predicted molar refractivity (Wildman–Crippen MR) is 123 cm³/mol. The van der Waals surface area contributed by atoms with Crippen LogP contribution in [-0.2, 0) is 10.0 Å². The SMILES string of the molecule is Cc1c(-n2c(O)c3ccc(Cl)cc3c2O)ccc2c1=N/C(=N\S(=O)(=O)c1ccc(Cl)s1)N=2. The molecule has 0 spiro atoms. The fourth-order valence-electron chi connectivity index (χ4n) is 3.48. The highest BCUT2D eigenvalue weighted by molar-refractivity contribution is 7.92. The average molecular weight is 507 g/mol. The van der Waals surface area contributed by atoms with Gasteiger partial charge in [-0.1, -0.05) is 23.2 Å². The molecule has 8 nitrogen and oxygen atoms in total. The van der Waals surface area contributed by atoms with E-state index in [4.69, 9.17) is 23.2 Å². The van der Waals surface area contributed by atoms with Crippen LogP contribution in [0.3, 0.4) is 0 Å². The Kier molecular flexibility index (Phi) is 4.79. The molecule has 0 radical (unpaired) electrons.